The van der Waals surface area contributed by atoms with Crippen LogP contribution in [0.1, 0.15) is 21.5 Å². The summed E-state index contributed by atoms with van der Waals surface area (Å²) in [6.45, 7) is 2.59. The number of H-pyrrole nitrogens is 1. The third kappa shape index (κ3) is 2.43. The Morgan fingerprint density at radius 2 is 1.85 bits per heavy atom. The van der Waals surface area contributed by atoms with E-state index in [4.69, 9.17) is 0 Å². The average molecular weight is 264 g/mol. The maximum Gasteiger partial charge on any atom is 0.253 e. The van der Waals surface area contributed by atoms with E-state index in [1.54, 1.807) is 6.20 Å². The van der Waals surface area contributed by atoms with Crippen molar-refractivity contribution < 1.29 is 4.79 Å². The number of hydrogen-bond donors (Lipinski definition) is 2. The molecule has 0 unspecified atom stereocenters. The highest BCUT2D eigenvalue weighted by Crippen LogP contribution is 2.17. The van der Waals surface area contributed by atoms with Gasteiger partial charge in [0.1, 0.15) is 0 Å². The predicted octanol–water partition coefficient (Wildman–Crippen LogP) is 3.41. The molecule has 3 rings (SSSR count). The lowest BCUT2D eigenvalue weighted by Crippen LogP contribution is -2.22. The van der Waals surface area contributed by atoms with Gasteiger partial charge in [0.05, 0.1) is 5.56 Å². The monoisotopic (exact) mass is 264 g/mol. The zero-order valence-electron chi connectivity index (χ0n) is 11.3. The van der Waals surface area contributed by atoms with Crippen LogP contribution in [0.4, 0.5) is 0 Å². The number of benzene rings is 2. The number of carbonyl (C=O) groups is 1. The van der Waals surface area contributed by atoms with E-state index < -0.39 is 0 Å². The Balaban J connectivity index is 1.75. The van der Waals surface area contributed by atoms with E-state index in [2.05, 4.69) is 10.3 Å². The molecule has 1 heterocycles. The minimum Gasteiger partial charge on any atom is -0.360 e. The fraction of sp³-hybridized carbons (Fsp3) is 0.118. The highest BCUT2D eigenvalue weighted by molar-refractivity contribution is 6.06. The van der Waals surface area contributed by atoms with E-state index in [0.29, 0.717) is 12.1 Å². The molecule has 100 valence electrons. The second kappa shape index (κ2) is 5.21. The molecule has 0 bridgehead atoms. The second-order valence-corrected chi connectivity index (χ2v) is 4.92. The molecular weight excluding hydrogens is 248 g/mol. The quantitative estimate of drug-likeness (QED) is 0.748. The summed E-state index contributed by atoms with van der Waals surface area (Å²) in [5.41, 5.74) is 3.99. The smallest absolute Gasteiger partial charge is 0.253 e. The van der Waals surface area contributed by atoms with Crippen LogP contribution >= 0.6 is 0 Å². The van der Waals surface area contributed by atoms with Crippen LogP contribution in [0.2, 0.25) is 0 Å². The number of carbonyl (C=O) groups excluding carboxylic acids is 1. The Kier molecular flexibility index (Phi) is 3.25. The summed E-state index contributed by atoms with van der Waals surface area (Å²) < 4.78 is 0. The normalized spacial score (nSPS) is 10.7. The first-order valence-electron chi connectivity index (χ1n) is 6.64. The van der Waals surface area contributed by atoms with Gasteiger partial charge in [-0.2, -0.15) is 0 Å². The molecule has 0 aliphatic heterocycles. The summed E-state index contributed by atoms with van der Waals surface area (Å²) in [6, 6.07) is 16.0. The number of fused-ring (bicyclic) bond motifs is 1. The highest BCUT2D eigenvalue weighted by atomic mass is 16.1. The largest absolute Gasteiger partial charge is 0.360 e. The van der Waals surface area contributed by atoms with Crippen molar-refractivity contribution in [2.24, 2.45) is 0 Å². The van der Waals surface area contributed by atoms with Crippen molar-refractivity contribution >= 4 is 16.8 Å². The van der Waals surface area contributed by atoms with Gasteiger partial charge in [0.15, 0.2) is 0 Å². The number of nitrogens with one attached hydrogen (secondary N) is 2. The van der Waals surface area contributed by atoms with Gasteiger partial charge in [0.25, 0.3) is 5.91 Å². The third-order valence-corrected chi connectivity index (χ3v) is 3.41. The summed E-state index contributed by atoms with van der Waals surface area (Å²) in [7, 11) is 0. The maximum absolute atomic E-state index is 12.2. The molecule has 0 spiro atoms. The molecule has 0 aliphatic rings. The minimum atomic E-state index is -0.0528. The molecule has 3 aromatic rings. The van der Waals surface area contributed by atoms with Crippen molar-refractivity contribution in [3.8, 4) is 0 Å². The average Bonchev–Trinajstić information content (AvgIpc) is 2.90. The lowest BCUT2D eigenvalue weighted by molar-refractivity contribution is 0.0952. The molecule has 2 N–H and O–H groups in total. The van der Waals surface area contributed by atoms with Gasteiger partial charge in [-0.1, -0.05) is 48.0 Å². The lowest BCUT2D eigenvalue weighted by Gasteiger charge is -2.05. The van der Waals surface area contributed by atoms with E-state index in [1.807, 2.05) is 55.5 Å². The first-order chi connectivity index (χ1) is 9.74. The summed E-state index contributed by atoms with van der Waals surface area (Å²) in [6.07, 6.45) is 1.76. The molecule has 3 nitrogen and oxygen atoms in total. The molecule has 0 saturated carbocycles. The molecule has 1 amide bonds. The molecule has 20 heavy (non-hydrogen) atoms. The fourth-order valence-electron chi connectivity index (χ4n) is 2.24. The Morgan fingerprint density at radius 3 is 2.65 bits per heavy atom. The first-order valence-corrected chi connectivity index (χ1v) is 6.64. The van der Waals surface area contributed by atoms with E-state index in [9.17, 15) is 4.79 Å². The highest BCUT2D eigenvalue weighted by Gasteiger charge is 2.10. The SMILES string of the molecule is Cc1ccc(CNC(=O)c2c[nH]c3ccccc23)cc1. The molecule has 0 aliphatic carbocycles. The summed E-state index contributed by atoms with van der Waals surface area (Å²) in [5.74, 6) is -0.0528. The fourth-order valence-corrected chi connectivity index (χ4v) is 2.24. The van der Waals surface area contributed by atoms with Crippen LogP contribution in [0.15, 0.2) is 54.7 Å². The van der Waals surface area contributed by atoms with Crippen LogP contribution < -0.4 is 5.32 Å². The molecular formula is C17H16N2O. The van der Waals surface area contributed by atoms with E-state index in [1.165, 1.54) is 5.56 Å². The molecule has 3 heteroatoms. The van der Waals surface area contributed by atoms with Crippen LogP contribution in [0.5, 0.6) is 0 Å². The summed E-state index contributed by atoms with van der Waals surface area (Å²) >= 11 is 0. The van der Waals surface area contributed by atoms with Crippen LogP contribution in [0.25, 0.3) is 10.9 Å². The minimum absolute atomic E-state index is 0.0528. The maximum atomic E-state index is 12.2. The van der Waals surface area contributed by atoms with Crippen molar-refractivity contribution in [2.45, 2.75) is 13.5 Å². The summed E-state index contributed by atoms with van der Waals surface area (Å²) in [4.78, 5) is 15.3. The number of hydrogen-bond acceptors (Lipinski definition) is 1. The van der Waals surface area contributed by atoms with Crippen molar-refractivity contribution in [1.29, 1.82) is 0 Å². The van der Waals surface area contributed by atoms with Crippen LogP contribution in [0, 0.1) is 6.92 Å². The van der Waals surface area contributed by atoms with Crippen molar-refractivity contribution in [1.82, 2.24) is 10.3 Å². The van der Waals surface area contributed by atoms with E-state index >= 15 is 0 Å². The van der Waals surface area contributed by atoms with Gasteiger partial charge < -0.3 is 10.3 Å². The van der Waals surface area contributed by atoms with E-state index in [0.717, 1.165) is 16.5 Å². The Morgan fingerprint density at radius 1 is 1.10 bits per heavy atom. The Hall–Kier alpha value is -2.55. The lowest BCUT2D eigenvalue weighted by atomic mass is 10.1. The van der Waals surface area contributed by atoms with Crippen molar-refractivity contribution in [2.75, 3.05) is 0 Å². The van der Waals surface area contributed by atoms with Crippen LogP contribution in [-0.4, -0.2) is 10.9 Å². The van der Waals surface area contributed by atoms with Gasteiger partial charge in [-0.25, -0.2) is 0 Å². The molecule has 0 fully saturated rings. The zero-order valence-corrected chi connectivity index (χ0v) is 11.3. The molecule has 0 radical (unpaired) electrons. The predicted molar refractivity (Wildman–Crippen MR) is 80.6 cm³/mol. The van der Waals surface area contributed by atoms with Gasteiger partial charge in [-0.05, 0) is 18.6 Å². The number of rotatable bonds is 3. The van der Waals surface area contributed by atoms with Crippen molar-refractivity contribution in [3.05, 3.63) is 71.4 Å². The van der Waals surface area contributed by atoms with Gasteiger partial charge in [0.2, 0.25) is 0 Å². The van der Waals surface area contributed by atoms with E-state index in [-0.39, 0.29) is 5.91 Å². The topological polar surface area (TPSA) is 44.9 Å². The number of para-hydroxylation sites is 1. The van der Waals surface area contributed by atoms with Crippen LogP contribution in [0.3, 0.4) is 0 Å². The number of amides is 1. The molecule has 1 aromatic heterocycles. The van der Waals surface area contributed by atoms with Gasteiger partial charge >= 0.3 is 0 Å². The van der Waals surface area contributed by atoms with Gasteiger partial charge in [-0.15, -0.1) is 0 Å². The number of aryl methyl sites for hydroxylation is 1. The van der Waals surface area contributed by atoms with Crippen LogP contribution in [-0.2, 0) is 6.54 Å². The van der Waals surface area contributed by atoms with Gasteiger partial charge in [-0.3, -0.25) is 4.79 Å². The molecule has 0 saturated heterocycles. The Labute approximate surface area is 117 Å². The second-order valence-electron chi connectivity index (χ2n) is 4.92. The summed E-state index contributed by atoms with van der Waals surface area (Å²) in [5, 5.41) is 3.91. The number of aromatic nitrogens is 1. The third-order valence-electron chi connectivity index (χ3n) is 3.41. The first kappa shape index (κ1) is 12.5. The van der Waals surface area contributed by atoms with Crippen molar-refractivity contribution in [3.63, 3.8) is 0 Å². The molecule has 2 aromatic carbocycles. The molecule has 0 atom stereocenters. The standard InChI is InChI=1S/C17H16N2O/c1-12-6-8-13(9-7-12)10-19-17(20)15-11-18-16-5-3-2-4-14(15)16/h2-9,11,18H,10H2,1H3,(H,19,20). The Bertz CT molecular complexity index is 741. The van der Waals surface area contributed by atoms with Gasteiger partial charge in [0, 0.05) is 23.6 Å². The number of aromatic amines is 1. The zero-order chi connectivity index (χ0) is 13.9.